The van der Waals surface area contributed by atoms with E-state index in [-0.39, 0.29) is 0 Å². The van der Waals surface area contributed by atoms with Crippen molar-refractivity contribution in [2.75, 3.05) is 32.7 Å². The molecule has 1 saturated heterocycles. The zero-order chi connectivity index (χ0) is 13.8. The van der Waals surface area contributed by atoms with Gasteiger partial charge in [0.15, 0.2) is 0 Å². The van der Waals surface area contributed by atoms with E-state index in [1.54, 1.807) is 0 Å². The van der Waals surface area contributed by atoms with E-state index in [4.69, 9.17) is 5.73 Å². The van der Waals surface area contributed by atoms with Crippen LogP contribution in [0.5, 0.6) is 0 Å². The Morgan fingerprint density at radius 1 is 1.21 bits per heavy atom. The number of aryl methyl sites for hydroxylation is 1. The van der Waals surface area contributed by atoms with Gasteiger partial charge < -0.3 is 10.6 Å². The standard InChI is InChI=1S/C14H27N5/c1-12(2)10-18-4-6-19(7-5-18)11-14-13(8-15)9-16-17(14)3/h9,12H,4-8,10-11,15H2,1-3H3. The van der Waals surface area contributed by atoms with Gasteiger partial charge in [-0.2, -0.15) is 5.10 Å². The van der Waals surface area contributed by atoms with Gasteiger partial charge in [0.1, 0.15) is 0 Å². The highest BCUT2D eigenvalue weighted by Crippen LogP contribution is 2.13. The second-order valence-corrected chi connectivity index (χ2v) is 5.91. The van der Waals surface area contributed by atoms with Crippen LogP contribution in [0.15, 0.2) is 6.20 Å². The van der Waals surface area contributed by atoms with E-state index < -0.39 is 0 Å². The van der Waals surface area contributed by atoms with Crippen molar-refractivity contribution < 1.29 is 0 Å². The van der Waals surface area contributed by atoms with Crippen LogP contribution >= 0.6 is 0 Å². The summed E-state index contributed by atoms with van der Waals surface area (Å²) < 4.78 is 1.96. The zero-order valence-electron chi connectivity index (χ0n) is 12.5. The summed E-state index contributed by atoms with van der Waals surface area (Å²) >= 11 is 0. The Morgan fingerprint density at radius 2 is 1.84 bits per heavy atom. The fourth-order valence-electron chi connectivity index (χ4n) is 2.74. The molecule has 1 aliphatic rings. The Labute approximate surface area is 116 Å². The molecule has 0 aromatic carbocycles. The summed E-state index contributed by atoms with van der Waals surface area (Å²) in [5, 5.41) is 4.31. The molecule has 0 atom stereocenters. The summed E-state index contributed by atoms with van der Waals surface area (Å²) in [4.78, 5) is 5.07. The third-order valence-corrected chi connectivity index (χ3v) is 3.83. The smallest absolute Gasteiger partial charge is 0.0565 e. The maximum absolute atomic E-state index is 5.77. The van der Waals surface area contributed by atoms with Gasteiger partial charge in [0.2, 0.25) is 0 Å². The van der Waals surface area contributed by atoms with E-state index in [1.807, 2.05) is 17.9 Å². The monoisotopic (exact) mass is 265 g/mol. The second-order valence-electron chi connectivity index (χ2n) is 5.91. The lowest BCUT2D eigenvalue weighted by Gasteiger charge is -2.35. The lowest BCUT2D eigenvalue weighted by atomic mass is 10.2. The van der Waals surface area contributed by atoms with Gasteiger partial charge in [0.05, 0.1) is 11.9 Å². The number of hydrogen-bond donors (Lipinski definition) is 1. The predicted molar refractivity (Wildman–Crippen MR) is 77.7 cm³/mol. The Morgan fingerprint density at radius 3 is 2.42 bits per heavy atom. The number of aromatic nitrogens is 2. The van der Waals surface area contributed by atoms with Gasteiger partial charge >= 0.3 is 0 Å². The average molecular weight is 265 g/mol. The molecule has 5 heteroatoms. The van der Waals surface area contributed by atoms with Crippen molar-refractivity contribution in [3.05, 3.63) is 17.5 Å². The van der Waals surface area contributed by atoms with Gasteiger partial charge in [-0.05, 0) is 5.92 Å². The van der Waals surface area contributed by atoms with E-state index in [9.17, 15) is 0 Å². The number of nitrogens with zero attached hydrogens (tertiary/aromatic N) is 4. The molecule has 108 valence electrons. The highest BCUT2D eigenvalue weighted by molar-refractivity contribution is 5.17. The molecule has 1 aromatic heterocycles. The molecular formula is C14H27N5. The minimum absolute atomic E-state index is 0.580. The first-order valence-corrected chi connectivity index (χ1v) is 7.24. The lowest BCUT2D eigenvalue weighted by molar-refractivity contribution is 0.115. The van der Waals surface area contributed by atoms with Crippen LogP contribution in [0.25, 0.3) is 0 Å². The summed E-state index contributed by atoms with van der Waals surface area (Å²) in [6.45, 7) is 12.0. The number of piperazine rings is 1. The Kier molecular flexibility index (Phi) is 4.96. The van der Waals surface area contributed by atoms with Crippen LogP contribution in [0.3, 0.4) is 0 Å². The molecule has 0 saturated carbocycles. The Hall–Kier alpha value is -0.910. The minimum Gasteiger partial charge on any atom is -0.326 e. The summed E-state index contributed by atoms with van der Waals surface area (Å²) in [7, 11) is 2.00. The molecule has 0 unspecified atom stereocenters. The molecule has 1 aromatic rings. The molecule has 2 N–H and O–H groups in total. The lowest BCUT2D eigenvalue weighted by Crippen LogP contribution is -2.47. The van der Waals surface area contributed by atoms with Crippen LogP contribution in [0.4, 0.5) is 0 Å². The SMILES string of the molecule is CC(C)CN1CCN(Cc2c(CN)cnn2C)CC1. The summed E-state index contributed by atoms with van der Waals surface area (Å²) in [6, 6.07) is 0. The highest BCUT2D eigenvalue weighted by Gasteiger charge is 2.19. The van der Waals surface area contributed by atoms with Gasteiger partial charge in [0.25, 0.3) is 0 Å². The first-order valence-electron chi connectivity index (χ1n) is 7.24. The first-order chi connectivity index (χ1) is 9.10. The molecule has 1 fully saturated rings. The third-order valence-electron chi connectivity index (χ3n) is 3.83. The summed E-state index contributed by atoms with van der Waals surface area (Å²) in [5.41, 5.74) is 8.20. The topological polar surface area (TPSA) is 50.3 Å². The molecule has 2 heterocycles. The van der Waals surface area contributed by atoms with Gasteiger partial charge in [-0.25, -0.2) is 0 Å². The quantitative estimate of drug-likeness (QED) is 0.849. The molecular weight excluding hydrogens is 238 g/mol. The third kappa shape index (κ3) is 3.78. The van der Waals surface area contributed by atoms with Crippen molar-refractivity contribution >= 4 is 0 Å². The number of rotatable bonds is 5. The van der Waals surface area contributed by atoms with E-state index in [1.165, 1.54) is 30.9 Å². The van der Waals surface area contributed by atoms with Crippen LogP contribution in [0.2, 0.25) is 0 Å². The molecule has 0 bridgehead atoms. The van der Waals surface area contributed by atoms with Crippen molar-refractivity contribution in [1.82, 2.24) is 19.6 Å². The van der Waals surface area contributed by atoms with E-state index in [0.717, 1.165) is 25.6 Å². The average Bonchev–Trinajstić information content (AvgIpc) is 2.72. The summed E-state index contributed by atoms with van der Waals surface area (Å²) in [6.07, 6.45) is 1.89. The van der Waals surface area contributed by atoms with Gasteiger partial charge in [-0.15, -0.1) is 0 Å². The van der Waals surface area contributed by atoms with Gasteiger partial charge in [-0.3, -0.25) is 9.58 Å². The number of hydrogen-bond acceptors (Lipinski definition) is 4. The van der Waals surface area contributed by atoms with Crippen molar-refractivity contribution in [2.45, 2.75) is 26.9 Å². The second kappa shape index (κ2) is 6.50. The van der Waals surface area contributed by atoms with Crippen LogP contribution in [0, 0.1) is 5.92 Å². The predicted octanol–water partition coefficient (Wildman–Crippen LogP) is 0.652. The largest absolute Gasteiger partial charge is 0.326 e. The highest BCUT2D eigenvalue weighted by atomic mass is 15.3. The van der Waals surface area contributed by atoms with Crippen LogP contribution in [-0.2, 0) is 20.1 Å². The minimum atomic E-state index is 0.580. The Bertz CT molecular complexity index is 391. The van der Waals surface area contributed by atoms with Crippen LogP contribution in [-0.4, -0.2) is 52.3 Å². The van der Waals surface area contributed by atoms with Crippen molar-refractivity contribution in [2.24, 2.45) is 18.7 Å². The fraction of sp³-hybridized carbons (Fsp3) is 0.786. The Balaban J connectivity index is 1.87. The van der Waals surface area contributed by atoms with Crippen molar-refractivity contribution in [1.29, 1.82) is 0 Å². The number of nitrogens with two attached hydrogens (primary N) is 1. The zero-order valence-corrected chi connectivity index (χ0v) is 12.5. The summed E-state index contributed by atoms with van der Waals surface area (Å²) in [5.74, 6) is 0.757. The van der Waals surface area contributed by atoms with Gasteiger partial charge in [-0.1, -0.05) is 13.8 Å². The van der Waals surface area contributed by atoms with Gasteiger partial charge in [0, 0.05) is 58.4 Å². The molecule has 0 amide bonds. The van der Waals surface area contributed by atoms with E-state index >= 15 is 0 Å². The molecule has 0 aliphatic carbocycles. The van der Waals surface area contributed by atoms with E-state index in [2.05, 4.69) is 28.7 Å². The first kappa shape index (κ1) is 14.5. The molecule has 1 aliphatic heterocycles. The van der Waals surface area contributed by atoms with Crippen molar-refractivity contribution in [3.63, 3.8) is 0 Å². The normalized spacial score (nSPS) is 18.4. The molecule has 0 spiro atoms. The fourth-order valence-corrected chi connectivity index (χ4v) is 2.74. The van der Waals surface area contributed by atoms with Crippen LogP contribution < -0.4 is 5.73 Å². The van der Waals surface area contributed by atoms with Crippen molar-refractivity contribution in [3.8, 4) is 0 Å². The molecule has 19 heavy (non-hydrogen) atoms. The molecule has 5 nitrogen and oxygen atoms in total. The molecule has 2 rings (SSSR count). The van der Waals surface area contributed by atoms with E-state index in [0.29, 0.717) is 6.54 Å². The molecule has 0 radical (unpaired) electrons. The maximum atomic E-state index is 5.77. The van der Waals surface area contributed by atoms with Crippen LogP contribution in [0.1, 0.15) is 25.1 Å². The maximum Gasteiger partial charge on any atom is 0.0565 e.